The molecule has 234 valence electrons. The third kappa shape index (κ3) is 7.02. The Hall–Kier alpha value is -2.29. The molecular formula is C33H43Cl2N3O4S. The molecule has 4 saturated carbocycles. The minimum absolute atomic E-state index is 0.0203. The van der Waals surface area contributed by atoms with Gasteiger partial charge in [0.2, 0.25) is 21.8 Å². The van der Waals surface area contributed by atoms with Gasteiger partial charge in [-0.1, -0.05) is 48.3 Å². The van der Waals surface area contributed by atoms with Crippen molar-refractivity contribution in [3.8, 4) is 0 Å². The standard InChI is InChI=1S/C33H43Cl2N3O4S/c1-5-21(2)36-32(40)22(3)37(19-26-6-9-28(34)15-30(26)35)31(39)20-38(43(4,41)42)29-10-7-27(8-11-29)33-16-23-12-24(17-33)14-25(13-23)18-33/h6-11,15,21-25H,5,12-14,16-20H2,1-4H3,(H,36,40)/t21-,22+,23?,24?,25?,33?/m0/s1. The van der Waals surface area contributed by atoms with Gasteiger partial charge in [-0.15, -0.1) is 0 Å². The van der Waals surface area contributed by atoms with E-state index < -0.39 is 28.5 Å². The Morgan fingerprint density at radius 1 is 0.977 bits per heavy atom. The zero-order chi connectivity index (χ0) is 31.1. The number of halogens is 2. The van der Waals surface area contributed by atoms with Crippen LogP contribution in [0.3, 0.4) is 0 Å². The van der Waals surface area contributed by atoms with Crippen LogP contribution in [0.25, 0.3) is 0 Å². The van der Waals surface area contributed by atoms with Crippen molar-refractivity contribution in [3.05, 3.63) is 63.6 Å². The van der Waals surface area contributed by atoms with Gasteiger partial charge in [0.25, 0.3) is 0 Å². The first-order chi connectivity index (χ1) is 20.3. The van der Waals surface area contributed by atoms with Crippen LogP contribution in [-0.4, -0.2) is 50.0 Å². The second kappa shape index (κ2) is 12.6. The summed E-state index contributed by atoms with van der Waals surface area (Å²) < 4.78 is 27.3. The van der Waals surface area contributed by atoms with Gasteiger partial charge in [-0.3, -0.25) is 13.9 Å². The fourth-order valence-electron chi connectivity index (χ4n) is 7.94. The Labute approximate surface area is 266 Å². The minimum Gasteiger partial charge on any atom is -0.352 e. The zero-order valence-electron chi connectivity index (χ0n) is 25.5. The Morgan fingerprint density at radius 3 is 2.07 bits per heavy atom. The largest absolute Gasteiger partial charge is 0.352 e. The van der Waals surface area contributed by atoms with Crippen molar-refractivity contribution >= 4 is 50.7 Å². The lowest BCUT2D eigenvalue weighted by molar-refractivity contribution is -0.139. The maximum atomic E-state index is 13.9. The van der Waals surface area contributed by atoms with Crippen LogP contribution >= 0.6 is 23.2 Å². The summed E-state index contributed by atoms with van der Waals surface area (Å²) in [6.45, 7) is 5.08. The zero-order valence-corrected chi connectivity index (χ0v) is 27.8. The second-order valence-electron chi connectivity index (χ2n) is 13.3. The number of hydrogen-bond donors (Lipinski definition) is 1. The number of carbonyl (C=O) groups is 2. The Morgan fingerprint density at radius 2 is 1.56 bits per heavy atom. The fourth-order valence-corrected chi connectivity index (χ4v) is 9.26. The monoisotopic (exact) mass is 647 g/mol. The highest BCUT2D eigenvalue weighted by Gasteiger charge is 2.51. The molecule has 2 amide bonds. The smallest absolute Gasteiger partial charge is 0.244 e. The van der Waals surface area contributed by atoms with Gasteiger partial charge < -0.3 is 10.2 Å². The van der Waals surface area contributed by atoms with Crippen molar-refractivity contribution in [2.75, 3.05) is 17.1 Å². The SMILES string of the molecule is CC[C@H](C)NC(=O)[C@@H](C)N(Cc1ccc(Cl)cc1Cl)C(=O)CN(c1ccc(C23CC4CC(CC(C4)C2)C3)cc1)S(C)(=O)=O. The summed E-state index contributed by atoms with van der Waals surface area (Å²) in [5, 5.41) is 3.75. The van der Waals surface area contributed by atoms with Gasteiger partial charge in [-0.2, -0.15) is 0 Å². The maximum Gasteiger partial charge on any atom is 0.244 e. The van der Waals surface area contributed by atoms with Crippen LogP contribution in [0.1, 0.15) is 76.8 Å². The highest BCUT2D eigenvalue weighted by Crippen LogP contribution is 2.60. The van der Waals surface area contributed by atoms with Gasteiger partial charge in [0.15, 0.2) is 0 Å². The second-order valence-corrected chi connectivity index (χ2v) is 16.0. The van der Waals surface area contributed by atoms with Gasteiger partial charge in [-0.25, -0.2) is 8.42 Å². The van der Waals surface area contributed by atoms with E-state index >= 15 is 0 Å². The number of nitrogens with one attached hydrogen (secondary N) is 1. The molecule has 0 heterocycles. The normalized spacial score (nSPS) is 25.7. The van der Waals surface area contributed by atoms with E-state index in [-0.39, 0.29) is 23.9 Å². The quantitative estimate of drug-likeness (QED) is 0.299. The molecule has 1 N–H and O–H groups in total. The van der Waals surface area contributed by atoms with Crippen molar-refractivity contribution in [1.82, 2.24) is 10.2 Å². The van der Waals surface area contributed by atoms with Crippen LogP contribution in [0.4, 0.5) is 5.69 Å². The van der Waals surface area contributed by atoms with Crippen molar-refractivity contribution in [2.24, 2.45) is 17.8 Å². The Kier molecular flexibility index (Phi) is 9.41. The molecule has 2 aromatic carbocycles. The summed E-state index contributed by atoms with van der Waals surface area (Å²) in [6, 6.07) is 11.8. The summed E-state index contributed by atoms with van der Waals surface area (Å²) >= 11 is 12.5. The molecule has 0 radical (unpaired) electrons. The van der Waals surface area contributed by atoms with Crippen LogP contribution < -0.4 is 9.62 Å². The van der Waals surface area contributed by atoms with Crippen molar-refractivity contribution < 1.29 is 18.0 Å². The molecule has 4 fully saturated rings. The van der Waals surface area contributed by atoms with E-state index in [0.717, 1.165) is 34.7 Å². The average Bonchev–Trinajstić information content (AvgIpc) is 2.93. The van der Waals surface area contributed by atoms with Gasteiger partial charge in [0.1, 0.15) is 12.6 Å². The maximum absolute atomic E-state index is 13.9. The predicted molar refractivity (Wildman–Crippen MR) is 173 cm³/mol. The minimum atomic E-state index is -3.82. The fraction of sp³-hybridized carbons (Fsp3) is 0.576. The topological polar surface area (TPSA) is 86.8 Å². The van der Waals surface area contributed by atoms with Gasteiger partial charge in [0.05, 0.1) is 11.9 Å². The molecule has 6 rings (SSSR count). The van der Waals surface area contributed by atoms with E-state index in [1.165, 1.54) is 49.0 Å². The molecule has 4 bridgehead atoms. The number of anilines is 1. The third-order valence-corrected chi connectivity index (χ3v) is 11.7. The first-order valence-electron chi connectivity index (χ1n) is 15.4. The lowest BCUT2D eigenvalue weighted by Gasteiger charge is -2.57. The van der Waals surface area contributed by atoms with Crippen LogP contribution in [0.2, 0.25) is 10.0 Å². The van der Waals surface area contributed by atoms with Crippen molar-refractivity contribution in [2.45, 2.75) is 89.8 Å². The molecule has 0 aromatic heterocycles. The molecule has 10 heteroatoms. The molecule has 4 aliphatic rings. The predicted octanol–water partition coefficient (Wildman–Crippen LogP) is 6.56. The van der Waals surface area contributed by atoms with Crippen LogP contribution in [0, 0.1) is 17.8 Å². The molecule has 7 nitrogen and oxygen atoms in total. The molecule has 0 spiro atoms. The van der Waals surface area contributed by atoms with Gasteiger partial charge >= 0.3 is 0 Å². The van der Waals surface area contributed by atoms with Crippen LogP contribution in [0.15, 0.2) is 42.5 Å². The first kappa shape index (κ1) is 32.1. The summed E-state index contributed by atoms with van der Waals surface area (Å²) in [5.41, 5.74) is 2.51. The first-order valence-corrected chi connectivity index (χ1v) is 18.0. The summed E-state index contributed by atoms with van der Waals surface area (Å²) in [6.07, 6.45) is 9.54. The number of sulfonamides is 1. The van der Waals surface area contributed by atoms with Crippen LogP contribution in [-0.2, 0) is 31.6 Å². The molecule has 2 atom stereocenters. The summed E-state index contributed by atoms with van der Waals surface area (Å²) in [4.78, 5) is 28.5. The number of hydrogen-bond acceptors (Lipinski definition) is 4. The van der Waals surface area contributed by atoms with E-state index in [1.807, 2.05) is 26.0 Å². The lowest BCUT2D eigenvalue weighted by atomic mass is 9.48. The van der Waals surface area contributed by atoms with Gasteiger partial charge in [-0.05, 0) is 117 Å². The molecule has 0 unspecified atom stereocenters. The summed E-state index contributed by atoms with van der Waals surface area (Å²) in [7, 11) is -3.82. The number of rotatable bonds is 11. The number of carbonyl (C=O) groups excluding carboxylic acids is 2. The molecule has 4 aliphatic carbocycles. The number of benzene rings is 2. The third-order valence-electron chi connectivity index (χ3n) is 10.0. The molecule has 0 saturated heterocycles. The van der Waals surface area contributed by atoms with Crippen LogP contribution in [0.5, 0.6) is 0 Å². The highest BCUT2D eigenvalue weighted by molar-refractivity contribution is 7.92. The average molecular weight is 649 g/mol. The summed E-state index contributed by atoms with van der Waals surface area (Å²) in [5.74, 6) is 1.58. The van der Waals surface area contributed by atoms with E-state index in [9.17, 15) is 18.0 Å². The van der Waals surface area contributed by atoms with E-state index in [4.69, 9.17) is 23.2 Å². The van der Waals surface area contributed by atoms with Crippen molar-refractivity contribution in [1.29, 1.82) is 0 Å². The molecule has 43 heavy (non-hydrogen) atoms. The molecule has 0 aliphatic heterocycles. The van der Waals surface area contributed by atoms with E-state index in [1.54, 1.807) is 25.1 Å². The highest BCUT2D eigenvalue weighted by atomic mass is 35.5. The van der Waals surface area contributed by atoms with Crippen molar-refractivity contribution in [3.63, 3.8) is 0 Å². The number of amides is 2. The van der Waals surface area contributed by atoms with E-state index in [0.29, 0.717) is 21.3 Å². The molecule has 2 aromatic rings. The molecular weight excluding hydrogens is 605 g/mol. The van der Waals surface area contributed by atoms with E-state index in [2.05, 4.69) is 17.4 Å². The Balaban J connectivity index is 1.40. The Bertz CT molecular complexity index is 1430. The number of nitrogens with zero attached hydrogens (tertiary/aromatic N) is 2. The van der Waals surface area contributed by atoms with Gasteiger partial charge in [0, 0.05) is 22.6 Å². The lowest BCUT2D eigenvalue weighted by Crippen LogP contribution is -2.52.